The largest absolute Gasteiger partial charge is 0.507 e. The van der Waals surface area contributed by atoms with E-state index in [0.717, 1.165) is 10.9 Å². The minimum absolute atomic E-state index is 0.142. The molecule has 0 unspecified atom stereocenters. The first-order valence-corrected chi connectivity index (χ1v) is 7.28. The third kappa shape index (κ3) is 1.96. The van der Waals surface area contributed by atoms with Crippen molar-refractivity contribution in [3.63, 3.8) is 0 Å². The van der Waals surface area contributed by atoms with Crippen molar-refractivity contribution in [1.82, 2.24) is 19.6 Å². The van der Waals surface area contributed by atoms with E-state index in [-0.39, 0.29) is 5.75 Å². The van der Waals surface area contributed by atoms with Crippen LogP contribution in [0.25, 0.3) is 27.9 Å². The van der Waals surface area contributed by atoms with Crippen LogP contribution in [-0.4, -0.2) is 24.7 Å². The van der Waals surface area contributed by atoms with Crippen molar-refractivity contribution in [2.24, 2.45) is 0 Å². The average molecular weight is 329 g/mol. The van der Waals surface area contributed by atoms with Crippen molar-refractivity contribution >= 4 is 40.4 Å². The molecule has 0 radical (unpaired) electrons. The van der Waals surface area contributed by atoms with Gasteiger partial charge in [0, 0.05) is 10.4 Å². The van der Waals surface area contributed by atoms with Gasteiger partial charge in [-0.25, -0.2) is 14.5 Å². The number of rotatable bonds is 1. The van der Waals surface area contributed by atoms with Crippen molar-refractivity contribution in [3.8, 4) is 17.1 Å². The number of fused-ring (bicyclic) bond motifs is 3. The van der Waals surface area contributed by atoms with Gasteiger partial charge in [-0.2, -0.15) is 0 Å². The van der Waals surface area contributed by atoms with Gasteiger partial charge in [0.1, 0.15) is 5.75 Å². The van der Waals surface area contributed by atoms with Gasteiger partial charge in [0.2, 0.25) is 4.77 Å². The van der Waals surface area contributed by atoms with Gasteiger partial charge in [0.05, 0.1) is 11.1 Å². The first-order valence-electron chi connectivity index (χ1n) is 6.50. The minimum Gasteiger partial charge on any atom is -0.507 e. The molecule has 0 amide bonds. The van der Waals surface area contributed by atoms with Gasteiger partial charge in [-0.3, -0.25) is 5.10 Å². The summed E-state index contributed by atoms with van der Waals surface area (Å²) in [5.74, 6) is 0.654. The quantitative estimate of drug-likeness (QED) is 0.519. The normalized spacial score (nSPS) is 11.3. The molecular weight excluding hydrogens is 320 g/mol. The predicted octanol–water partition coefficient (Wildman–Crippen LogP) is 3.97. The highest BCUT2D eigenvalue weighted by Gasteiger charge is 2.12. The van der Waals surface area contributed by atoms with Gasteiger partial charge in [0.15, 0.2) is 11.5 Å². The predicted molar refractivity (Wildman–Crippen MR) is 87.8 cm³/mol. The highest BCUT2D eigenvalue weighted by molar-refractivity contribution is 7.71. The van der Waals surface area contributed by atoms with Gasteiger partial charge < -0.3 is 5.11 Å². The summed E-state index contributed by atoms with van der Waals surface area (Å²) in [4.78, 5) is 8.92. The Morgan fingerprint density at radius 2 is 1.95 bits per heavy atom. The number of halogens is 1. The number of phenols is 1. The number of nitrogens with zero attached hydrogens (tertiary/aromatic N) is 3. The van der Waals surface area contributed by atoms with Gasteiger partial charge in [-0.05, 0) is 42.5 Å². The van der Waals surface area contributed by atoms with E-state index in [1.165, 1.54) is 0 Å². The van der Waals surface area contributed by atoms with E-state index in [1.54, 1.807) is 34.8 Å². The number of aromatic amines is 1. The van der Waals surface area contributed by atoms with Crippen molar-refractivity contribution in [1.29, 1.82) is 0 Å². The Balaban J connectivity index is 2.11. The van der Waals surface area contributed by atoms with Crippen LogP contribution in [0.3, 0.4) is 0 Å². The number of phenolic OH excluding ortho intramolecular Hbond substituents is 1. The summed E-state index contributed by atoms with van der Waals surface area (Å²) in [6, 6.07) is 12.3. The van der Waals surface area contributed by atoms with E-state index in [9.17, 15) is 5.11 Å². The van der Waals surface area contributed by atoms with Gasteiger partial charge in [0.25, 0.3) is 0 Å². The third-order valence-corrected chi connectivity index (χ3v) is 3.92. The summed E-state index contributed by atoms with van der Waals surface area (Å²) in [5.41, 5.74) is 1.94. The van der Waals surface area contributed by atoms with Gasteiger partial charge in [-0.15, -0.1) is 0 Å². The Bertz CT molecular complexity index is 1090. The molecule has 0 fully saturated rings. The highest BCUT2D eigenvalue weighted by atomic mass is 35.5. The maximum absolute atomic E-state index is 9.98. The van der Waals surface area contributed by atoms with E-state index in [0.29, 0.717) is 26.8 Å². The Kier molecular flexibility index (Phi) is 2.88. The standard InChI is InChI=1S/C15H9ClN4OS/c16-8-5-6-11-10(7-8)14-18-13(19-20(14)15(22)17-11)9-3-1-2-4-12(9)21/h1-7,21H,(H,18,19). The minimum atomic E-state index is 0.142. The zero-order chi connectivity index (χ0) is 15.3. The van der Waals surface area contributed by atoms with Crippen LogP contribution < -0.4 is 0 Å². The Morgan fingerprint density at radius 1 is 1.14 bits per heavy atom. The molecule has 0 aliphatic heterocycles. The molecular formula is C15H9ClN4OS. The van der Waals surface area contributed by atoms with Crippen LogP contribution in [0.4, 0.5) is 0 Å². The third-order valence-electron chi connectivity index (χ3n) is 3.41. The average Bonchev–Trinajstić information content (AvgIpc) is 2.94. The first-order chi connectivity index (χ1) is 10.6. The second-order valence-corrected chi connectivity index (χ2v) is 5.61. The molecule has 0 aliphatic carbocycles. The molecule has 2 aromatic carbocycles. The SMILES string of the molecule is Oc1ccccc1-c1nc2c3cc(Cl)ccc3nc(=S)n2[nH]1. The molecule has 2 heterocycles. The lowest BCUT2D eigenvalue weighted by Crippen LogP contribution is -1.94. The fraction of sp³-hybridized carbons (Fsp3) is 0. The number of hydrogen-bond acceptors (Lipinski definition) is 4. The topological polar surface area (TPSA) is 66.2 Å². The summed E-state index contributed by atoms with van der Waals surface area (Å²) in [6.45, 7) is 0. The lowest BCUT2D eigenvalue weighted by molar-refractivity contribution is 0.477. The van der Waals surface area contributed by atoms with Crippen LogP contribution in [0.15, 0.2) is 42.5 Å². The summed E-state index contributed by atoms with van der Waals surface area (Å²) in [5, 5.41) is 14.4. The molecule has 0 aliphatic rings. The number of hydrogen-bond donors (Lipinski definition) is 2. The summed E-state index contributed by atoms with van der Waals surface area (Å²) < 4.78 is 1.97. The monoisotopic (exact) mass is 328 g/mol. The maximum atomic E-state index is 9.98. The fourth-order valence-corrected chi connectivity index (χ4v) is 2.79. The van der Waals surface area contributed by atoms with Gasteiger partial charge in [-0.1, -0.05) is 23.7 Å². The summed E-state index contributed by atoms with van der Waals surface area (Å²) in [6.07, 6.45) is 0. The van der Waals surface area contributed by atoms with Gasteiger partial charge >= 0.3 is 0 Å². The van der Waals surface area contributed by atoms with Crippen LogP contribution in [0, 0.1) is 4.77 Å². The van der Waals surface area contributed by atoms with Crippen LogP contribution in [-0.2, 0) is 0 Å². The highest BCUT2D eigenvalue weighted by Crippen LogP contribution is 2.28. The number of para-hydroxylation sites is 1. The van der Waals surface area contributed by atoms with E-state index in [4.69, 9.17) is 23.8 Å². The first kappa shape index (κ1) is 13.2. The zero-order valence-corrected chi connectivity index (χ0v) is 12.7. The van der Waals surface area contributed by atoms with E-state index in [1.807, 2.05) is 12.1 Å². The summed E-state index contributed by atoms with van der Waals surface area (Å²) in [7, 11) is 0. The molecule has 4 aromatic rings. The van der Waals surface area contributed by atoms with Crippen molar-refractivity contribution < 1.29 is 5.11 Å². The molecule has 0 saturated heterocycles. The molecule has 0 atom stereocenters. The van der Waals surface area contributed by atoms with Crippen molar-refractivity contribution in [2.45, 2.75) is 0 Å². The molecule has 108 valence electrons. The van der Waals surface area contributed by atoms with Crippen LogP contribution in [0.1, 0.15) is 0 Å². The lowest BCUT2D eigenvalue weighted by Gasteiger charge is -1.99. The van der Waals surface area contributed by atoms with E-state index < -0.39 is 0 Å². The molecule has 5 nitrogen and oxygen atoms in total. The van der Waals surface area contributed by atoms with Crippen molar-refractivity contribution in [2.75, 3.05) is 0 Å². The molecule has 0 spiro atoms. The van der Waals surface area contributed by atoms with E-state index in [2.05, 4.69) is 15.1 Å². The fourth-order valence-electron chi connectivity index (χ4n) is 2.39. The molecule has 4 rings (SSSR count). The van der Waals surface area contributed by atoms with E-state index >= 15 is 0 Å². The second-order valence-electron chi connectivity index (χ2n) is 4.80. The molecule has 2 N–H and O–H groups in total. The smallest absolute Gasteiger partial charge is 0.221 e. The Morgan fingerprint density at radius 3 is 2.77 bits per heavy atom. The maximum Gasteiger partial charge on any atom is 0.221 e. The molecule has 22 heavy (non-hydrogen) atoms. The number of aromatic nitrogens is 4. The molecule has 0 bridgehead atoms. The molecule has 0 saturated carbocycles. The van der Waals surface area contributed by atoms with Crippen LogP contribution in [0.2, 0.25) is 5.02 Å². The zero-order valence-electron chi connectivity index (χ0n) is 11.1. The Labute approximate surface area is 134 Å². The second kappa shape index (κ2) is 4.79. The Hall–Kier alpha value is -2.44. The number of benzene rings is 2. The van der Waals surface area contributed by atoms with Crippen LogP contribution >= 0.6 is 23.8 Å². The number of H-pyrrole nitrogens is 1. The molecule has 2 aromatic heterocycles. The van der Waals surface area contributed by atoms with Crippen molar-refractivity contribution in [3.05, 3.63) is 52.3 Å². The lowest BCUT2D eigenvalue weighted by atomic mass is 10.2. The van der Waals surface area contributed by atoms with Crippen LogP contribution in [0.5, 0.6) is 5.75 Å². The molecule has 7 heteroatoms. The number of aromatic hydroxyl groups is 1. The summed E-state index contributed by atoms with van der Waals surface area (Å²) >= 11 is 11.4. The number of nitrogens with one attached hydrogen (secondary N) is 1.